The number of carbonyl (C=O) groups excluding carboxylic acids is 1. The Morgan fingerprint density at radius 2 is 2.33 bits per heavy atom. The molecule has 0 saturated heterocycles. The third-order valence-corrected chi connectivity index (χ3v) is 2.85. The molecule has 1 heterocycles. The van der Waals surface area contributed by atoms with Gasteiger partial charge in [-0.25, -0.2) is 0 Å². The number of hydrogen-bond donors (Lipinski definition) is 1. The maximum absolute atomic E-state index is 11.1. The van der Waals surface area contributed by atoms with Gasteiger partial charge in [-0.15, -0.1) is 0 Å². The monoisotopic (exact) mass is 230 g/mol. The molecule has 0 bridgehead atoms. The molecule has 0 saturated carbocycles. The van der Waals surface area contributed by atoms with E-state index in [0.717, 1.165) is 10.2 Å². The Bertz CT molecular complexity index is 317. The highest BCUT2D eigenvalue weighted by Gasteiger charge is 2.11. The second-order valence-corrected chi connectivity index (χ2v) is 3.42. The summed E-state index contributed by atoms with van der Waals surface area (Å²) >= 11 is 3.36. The molecule has 0 radical (unpaired) electrons. The van der Waals surface area contributed by atoms with Crippen LogP contribution in [0.2, 0.25) is 0 Å². The summed E-state index contributed by atoms with van der Waals surface area (Å²) in [6.07, 6.45) is 0. The van der Waals surface area contributed by atoms with Crippen molar-refractivity contribution in [3.8, 4) is 0 Å². The number of nitrogens with zero attached hydrogens (tertiary/aromatic N) is 1. The molecule has 3 nitrogen and oxygen atoms in total. The largest absolute Gasteiger partial charge is 0.336 e. The zero-order valence-electron chi connectivity index (χ0n) is 7.10. The Morgan fingerprint density at radius 1 is 1.75 bits per heavy atom. The van der Waals surface area contributed by atoms with E-state index in [9.17, 15) is 4.79 Å². The minimum Gasteiger partial charge on any atom is -0.336 e. The lowest BCUT2D eigenvalue weighted by molar-refractivity contribution is 0.101. The fraction of sp³-hybridized carbons (Fsp3) is 0.375. The van der Waals surface area contributed by atoms with Gasteiger partial charge < -0.3 is 10.3 Å². The van der Waals surface area contributed by atoms with Gasteiger partial charge in [-0.05, 0) is 27.6 Å². The molecule has 4 heteroatoms. The van der Waals surface area contributed by atoms with Gasteiger partial charge in [0.15, 0.2) is 5.78 Å². The first-order valence-corrected chi connectivity index (χ1v) is 4.42. The highest BCUT2D eigenvalue weighted by Crippen LogP contribution is 2.20. The van der Waals surface area contributed by atoms with Gasteiger partial charge in [-0.1, -0.05) is 0 Å². The molecule has 0 amide bonds. The summed E-state index contributed by atoms with van der Waals surface area (Å²) < 4.78 is 2.68. The average Bonchev–Trinajstić information content (AvgIpc) is 2.30. The number of rotatable bonds is 2. The van der Waals surface area contributed by atoms with E-state index in [1.54, 1.807) is 11.5 Å². The SMILES string of the molecule is CC(=O)c1cc(CN)c(Br)n1C. The standard InChI is InChI=1S/C8H11BrN2O/c1-5(12)7-3-6(4-10)8(9)11(7)2/h3H,4,10H2,1-2H3. The van der Waals surface area contributed by atoms with Gasteiger partial charge in [-0.3, -0.25) is 4.79 Å². The summed E-state index contributed by atoms with van der Waals surface area (Å²) in [5.74, 6) is 0.0536. The molecule has 1 aromatic rings. The molecule has 0 aromatic carbocycles. The Labute approximate surface area is 79.7 Å². The predicted octanol–water partition coefficient (Wildman–Crippen LogP) is 1.45. The van der Waals surface area contributed by atoms with Crippen LogP contribution in [0.4, 0.5) is 0 Å². The normalized spacial score (nSPS) is 10.3. The van der Waals surface area contributed by atoms with E-state index < -0.39 is 0 Å². The van der Waals surface area contributed by atoms with Crippen LogP contribution in [0.3, 0.4) is 0 Å². The van der Waals surface area contributed by atoms with E-state index in [4.69, 9.17) is 5.73 Å². The van der Waals surface area contributed by atoms with Crippen molar-refractivity contribution in [2.75, 3.05) is 0 Å². The van der Waals surface area contributed by atoms with Crippen molar-refractivity contribution in [3.05, 3.63) is 21.9 Å². The molecular formula is C8H11BrN2O. The Hall–Kier alpha value is -0.610. The lowest BCUT2D eigenvalue weighted by Crippen LogP contribution is -2.01. The first-order valence-electron chi connectivity index (χ1n) is 3.63. The minimum atomic E-state index is 0.0536. The molecule has 0 aliphatic heterocycles. The maximum atomic E-state index is 11.1. The van der Waals surface area contributed by atoms with E-state index in [0.29, 0.717) is 12.2 Å². The van der Waals surface area contributed by atoms with Gasteiger partial charge >= 0.3 is 0 Å². The van der Waals surface area contributed by atoms with Crippen LogP contribution in [0.25, 0.3) is 0 Å². The number of hydrogen-bond acceptors (Lipinski definition) is 2. The molecule has 0 aliphatic rings. The molecule has 0 unspecified atom stereocenters. The van der Waals surface area contributed by atoms with Gasteiger partial charge in [0.1, 0.15) is 0 Å². The first-order chi connectivity index (χ1) is 5.57. The first kappa shape index (κ1) is 9.48. The number of carbonyl (C=O) groups is 1. The summed E-state index contributed by atoms with van der Waals surface area (Å²) in [7, 11) is 1.83. The zero-order chi connectivity index (χ0) is 9.30. The molecule has 66 valence electrons. The number of halogens is 1. The summed E-state index contributed by atoms with van der Waals surface area (Å²) in [6, 6.07) is 1.81. The smallest absolute Gasteiger partial charge is 0.176 e. The van der Waals surface area contributed by atoms with Crippen LogP contribution in [0, 0.1) is 0 Å². The van der Waals surface area contributed by atoms with Crippen molar-refractivity contribution in [2.24, 2.45) is 12.8 Å². The van der Waals surface area contributed by atoms with Gasteiger partial charge in [0.25, 0.3) is 0 Å². The summed E-state index contributed by atoms with van der Waals surface area (Å²) in [4.78, 5) is 11.1. The van der Waals surface area contributed by atoms with Crippen LogP contribution in [0.1, 0.15) is 23.0 Å². The van der Waals surface area contributed by atoms with Crippen LogP contribution in [0.5, 0.6) is 0 Å². The summed E-state index contributed by atoms with van der Waals surface area (Å²) in [5.41, 5.74) is 7.12. The van der Waals surface area contributed by atoms with E-state index in [2.05, 4.69) is 15.9 Å². The van der Waals surface area contributed by atoms with Gasteiger partial charge in [-0.2, -0.15) is 0 Å². The second-order valence-electron chi connectivity index (χ2n) is 2.66. The Morgan fingerprint density at radius 3 is 2.58 bits per heavy atom. The van der Waals surface area contributed by atoms with Crippen molar-refractivity contribution >= 4 is 21.7 Å². The minimum absolute atomic E-state index is 0.0536. The van der Waals surface area contributed by atoms with Crippen molar-refractivity contribution < 1.29 is 4.79 Å². The zero-order valence-corrected chi connectivity index (χ0v) is 8.68. The van der Waals surface area contributed by atoms with Crippen LogP contribution in [0.15, 0.2) is 10.7 Å². The quantitative estimate of drug-likeness (QED) is 0.783. The molecule has 2 N–H and O–H groups in total. The van der Waals surface area contributed by atoms with Crippen molar-refractivity contribution in [1.29, 1.82) is 0 Å². The maximum Gasteiger partial charge on any atom is 0.176 e. The van der Waals surface area contributed by atoms with E-state index >= 15 is 0 Å². The second kappa shape index (κ2) is 3.41. The number of ketones is 1. The fourth-order valence-corrected chi connectivity index (χ4v) is 1.59. The summed E-state index contributed by atoms with van der Waals surface area (Å²) in [5, 5.41) is 0. The Kier molecular flexibility index (Phi) is 2.69. The van der Waals surface area contributed by atoms with Crippen LogP contribution in [-0.4, -0.2) is 10.4 Å². The van der Waals surface area contributed by atoms with Gasteiger partial charge in [0.2, 0.25) is 0 Å². The van der Waals surface area contributed by atoms with Crippen LogP contribution >= 0.6 is 15.9 Å². The molecule has 1 rings (SSSR count). The molecule has 1 aromatic heterocycles. The van der Waals surface area contributed by atoms with E-state index in [-0.39, 0.29) is 5.78 Å². The molecule has 0 atom stereocenters. The average molecular weight is 231 g/mol. The fourth-order valence-electron chi connectivity index (χ4n) is 1.12. The molecule has 12 heavy (non-hydrogen) atoms. The molecule has 0 aliphatic carbocycles. The summed E-state index contributed by atoms with van der Waals surface area (Å²) in [6.45, 7) is 1.99. The Balaban J connectivity index is 3.25. The van der Waals surface area contributed by atoms with Crippen molar-refractivity contribution in [2.45, 2.75) is 13.5 Å². The van der Waals surface area contributed by atoms with Crippen LogP contribution in [-0.2, 0) is 13.6 Å². The lowest BCUT2D eigenvalue weighted by Gasteiger charge is -1.99. The molecule has 0 spiro atoms. The van der Waals surface area contributed by atoms with Gasteiger partial charge in [0.05, 0.1) is 10.3 Å². The van der Waals surface area contributed by atoms with Crippen LogP contribution < -0.4 is 5.73 Å². The molecule has 0 fully saturated rings. The number of nitrogens with two attached hydrogens (primary N) is 1. The van der Waals surface area contributed by atoms with E-state index in [1.807, 2.05) is 13.1 Å². The lowest BCUT2D eigenvalue weighted by atomic mass is 10.2. The third-order valence-electron chi connectivity index (χ3n) is 1.81. The highest BCUT2D eigenvalue weighted by atomic mass is 79.9. The third kappa shape index (κ3) is 1.44. The molecular weight excluding hydrogens is 220 g/mol. The van der Waals surface area contributed by atoms with E-state index in [1.165, 1.54) is 0 Å². The predicted molar refractivity (Wildman–Crippen MR) is 51.0 cm³/mol. The highest BCUT2D eigenvalue weighted by molar-refractivity contribution is 9.10. The topological polar surface area (TPSA) is 48.0 Å². The van der Waals surface area contributed by atoms with Gasteiger partial charge in [0, 0.05) is 20.5 Å². The number of aromatic nitrogens is 1. The van der Waals surface area contributed by atoms with Crippen molar-refractivity contribution in [3.63, 3.8) is 0 Å². The van der Waals surface area contributed by atoms with Crippen molar-refractivity contribution in [1.82, 2.24) is 4.57 Å². The number of Topliss-reactive ketones (excluding diaryl/α,β-unsaturated/α-hetero) is 1.